The summed E-state index contributed by atoms with van der Waals surface area (Å²) in [5.41, 5.74) is 6.08. The quantitative estimate of drug-likeness (QED) is 0.283. The highest BCUT2D eigenvalue weighted by molar-refractivity contribution is 5.91. The van der Waals surface area contributed by atoms with E-state index in [2.05, 4.69) is 22.8 Å². The zero-order valence-electron chi connectivity index (χ0n) is 21.4. The van der Waals surface area contributed by atoms with Gasteiger partial charge in [-0.15, -0.1) is 0 Å². The second-order valence-electron chi connectivity index (χ2n) is 9.83. The average Bonchev–Trinajstić information content (AvgIpc) is 3.27. The molecule has 0 unspecified atom stereocenters. The molecule has 2 amide bonds. The molecule has 0 saturated heterocycles. The summed E-state index contributed by atoms with van der Waals surface area (Å²) in [6.07, 6.45) is 0.566. The lowest BCUT2D eigenvalue weighted by Gasteiger charge is -2.23. The number of amides is 2. The van der Waals surface area contributed by atoms with E-state index < -0.39 is 24.0 Å². The number of nitrogens with one attached hydrogen (secondary N) is 2. The van der Waals surface area contributed by atoms with Gasteiger partial charge in [0.2, 0.25) is 11.8 Å². The third-order valence-electron chi connectivity index (χ3n) is 7.18. The van der Waals surface area contributed by atoms with Crippen molar-refractivity contribution in [2.45, 2.75) is 37.3 Å². The molecule has 4 aromatic carbocycles. The van der Waals surface area contributed by atoms with Gasteiger partial charge in [-0.05, 0) is 33.4 Å². The highest BCUT2D eigenvalue weighted by atomic mass is 16.4. The molecule has 0 aromatic heterocycles. The minimum absolute atomic E-state index is 0.123. The first-order chi connectivity index (χ1) is 19.0. The van der Waals surface area contributed by atoms with E-state index in [1.165, 1.54) is 0 Å². The van der Waals surface area contributed by atoms with Crippen LogP contribution in [0, 0.1) is 0 Å². The number of carbonyl (C=O) groups excluding carboxylic acids is 2. The molecule has 5 rings (SSSR count). The van der Waals surface area contributed by atoms with E-state index in [0.29, 0.717) is 0 Å². The molecule has 0 bridgehead atoms. The third kappa shape index (κ3) is 6.07. The Bertz CT molecular complexity index is 1420. The van der Waals surface area contributed by atoms with Crippen LogP contribution >= 0.6 is 0 Å². The maximum absolute atomic E-state index is 13.4. The fourth-order valence-corrected chi connectivity index (χ4v) is 5.30. The third-order valence-corrected chi connectivity index (χ3v) is 7.18. The number of carboxylic acid groups (broad SMARTS) is 1. The predicted octanol–water partition coefficient (Wildman–Crippen LogP) is 4.73. The van der Waals surface area contributed by atoms with Gasteiger partial charge < -0.3 is 15.7 Å². The molecular weight excluding hydrogens is 488 g/mol. The van der Waals surface area contributed by atoms with E-state index in [0.717, 1.165) is 33.4 Å². The van der Waals surface area contributed by atoms with Crippen LogP contribution < -0.4 is 10.6 Å². The Hall–Kier alpha value is -4.71. The smallest absolute Gasteiger partial charge is 0.326 e. The topological polar surface area (TPSA) is 95.5 Å². The SMILES string of the molecule is O=C(CC1c2ccccc2-c2ccccc21)N[C@@H](Cc1ccccc1)C(=O)N[C@@H](Cc1ccccc1)C(=O)O. The zero-order valence-corrected chi connectivity index (χ0v) is 21.4. The monoisotopic (exact) mass is 518 g/mol. The largest absolute Gasteiger partial charge is 0.480 e. The molecule has 196 valence electrons. The van der Waals surface area contributed by atoms with E-state index >= 15 is 0 Å². The highest BCUT2D eigenvalue weighted by Gasteiger charge is 2.32. The van der Waals surface area contributed by atoms with Gasteiger partial charge in [0.05, 0.1) is 0 Å². The number of carbonyl (C=O) groups is 3. The summed E-state index contributed by atoms with van der Waals surface area (Å²) in [4.78, 5) is 38.9. The van der Waals surface area contributed by atoms with E-state index in [1.807, 2.05) is 97.1 Å². The summed E-state index contributed by atoms with van der Waals surface area (Å²) >= 11 is 0. The van der Waals surface area contributed by atoms with Crippen molar-refractivity contribution in [2.24, 2.45) is 0 Å². The Balaban J connectivity index is 1.34. The minimum atomic E-state index is -1.13. The number of aliphatic carboxylic acids is 1. The van der Waals surface area contributed by atoms with Crippen LogP contribution in [-0.4, -0.2) is 35.0 Å². The van der Waals surface area contributed by atoms with Gasteiger partial charge >= 0.3 is 5.97 Å². The molecule has 6 heteroatoms. The van der Waals surface area contributed by atoms with E-state index in [-0.39, 0.29) is 31.1 Å². The van der Waals surface area contributed by atoms with Crippen LogP contribution in [0.3, 0.4) is 0 Å². The van der Waals surface area contributed by atoms with Crippen LogP contribution in [0.4, 0.5) is 0 Å². The van der Waals surface area contributed by atoms with Crippen molar-refractivity contribution in [3.63, 3.8) is 0 Å². The predicted molar refractivity (Wildman–Crippen MR) is 150 cm³/mol. The Kier molecular flexibility index (Phi) is 7.83. The molecule has 0 heterocycles. The maximum atomic E-state index is 13.4. The second-order valence-corrected chi connectivity index (χ2v) is 9.83. The van der Waals surface area contributed by atoms with Crippen molar-refractivity contribution >= 4 is 17.8 Å². The van der Waals surface area contributed by atoms with Crippen molar-refractivity contribution in [3.05, 3.63) is 131 Å². The molecule has 39 heavy (non-hydrogen) atoms. The minimum Gasteiger partial charge on any atom is -0.480 e. The van der Waals surface area contributed by atoms with Gasteiger partial charge in [-0.25, -0.2) is 4.79 Å². The Morgan fingerprint density at radius 2 is 1.08 bits per heavy atom. The molecule has 0 aliphatic heterocycles. The molecule has 0 spiro atoms. The normalized spacial score (nSPS) is 13.5. The van der Waals surface area contributed by atoms with Gasteiger partial charge in [-0.3, -0.25) is 9.59 Å². The molecular formula is C33H30N2O4. The molecule has 0 radical (unpaired) electrons. The molecule has 1 aliphatic rings. The Labute approximate surface area is 227 Å². The van der Waals surface area contributed by atoms with E-state index in [4.69, 9.17) is 0 Å². The Morgan fingerprint density at radius 1 is 0.615 bits per heavy atom. The number of hydrogen-bond acceptors (Lipinski definition) is 3. The number of carboxylic acids is 1. The fraction of sp³-hybridized carbons (Fsp3) is 0.182. The van der Waals surface area contributed by atoms with Gasteiger partial charge in [0, 0.05) is 25.2 Å². The van der Waals surface area contributed by atoms with Gasteiger partial charge in [0.1, 0.15) is 12.1 Å². The maximum Gasteiger partial charge on any atom is 0.326 e. The lowest BCUT2D eigenvalue weighted by Crippen LogP contribution is -2.53. The van der Waals surface area contributed by atoms with Crippen LogP contribution in [-0.2, 0) is 27.2 Å². The molecule has 0 saturated carbocycles. The van der Waals surface area contributed by atoms with Crippen molar-refractivity contribution in [2.75, 3.05) is 0 Å². The lowest BCUT2D eigenvalue weighted by atomic mass is 9.93. The van der Waals surface area contributed by atoms with Crippen LogP contribution in [0.1, 0.15) is 34.6 Å². The number of rotatable bonds is 10. The first-order valence-electron chi connectivity index (χ1n) is 13.1. The summed E-state index contributed by atoms with van der Waals surface area (Å²) in [5, 5.41) is 15.4. The summed E-state index contributed by atoms with van der Waals surface area (Å²) in [6, 6.07) is 32.6. The first-order valence-corrected chi connectivity index (χ1v) is 13.1. The lowest BCUT2D eigenvalue weighted by molar-refractivity contribution is -0.142. The van der Waals surface area contributed by atoms with Gasteiger partial charge in [-0.2, -0.15) is 0 Å². The molecule has 6 nitrogen and oxygen atoms in total. The van der Waals surface area contributed by atoms with Gasteiger partial charge in [-0.1, -0.05) is 109 Å². The van der Waals surface area contributed by atoms with Crippen LogP contribution in [0.25, 0.3) is 11.1 Å². The number of hydrogen-bond donors (Lipinski definition) is 3. The summed E-state index contributed by atoms with van der Waals surface area (Å²) in [7, 11) is 0. The van der Waals surface area contributed by atoms with Crippen molar-refractivity contribution < 1.29 is 19.5 Å². The molecule has 3 N–H and O–H groups in total. The standard InChI is InChI=1S/C33H30N2O4/c36-31(21-28-26-17-9-7-15-24(26)25-16-8-10-18-27(25)28)34-29(19-22-11-3-1-4-12-22)32(37)35-30(33(38)39)20-23-13-5-2-6-14-23/h1-18,28-30H,19-21H2,(H,34,36)(H,35,37)(H,38,39)/t29-,30-/m0/s1. The van der Waals surface area contributed by atoms with Gasteiger partial charge in [0.15, 0.2) is 0 Å². The van der Waals surface area contributed by atoms with Crippen LogP contribution in [0.15, 0.2) is 109 Å². The van der Waals surface area contributed by atoms with Crippen LogP contribution in [0.2, 0.25) is 0 Å². The van der Waals surface area contributed by atoms with Crippen molar-refractivity contribution in [1.29, 1.82) is 0 Å². The van der Waals surface area contributed by atoms with Crippen molar-refractivity contribution in [3.8, 4) is 11.1 Å². The average molecular weight is 519 g/mol. The van der Waals surface area contributed by atoms with Gasteiger partial charge in [0.25, 0.3) is 0 Å². The fourth-order valence-electron chi connectivity index (χ4n) is 5.30. The summed E-state index contributed by atoms with van der Waals surface area (Å²) in [6.45, 7) is 0. The number of benzene rings is 4. The second kappa shape index (κ2) is 11.8. The van der Waals surface area contributed by atoms with Crippen molar-refractivity contribution in [1.82, 2.24) is 10.6 Å². The van der Waals surface area contributed by atoms with E-state index in [9.17, 15) is 19.5 Å². The van der Waals surface area contributed by atoms with Crippen LogP contribution in [0.5, 0.6) is 0 Å². The zero-order chi connectivity index (χ0) is 27.2. The summed E-state index contributed by atoms with van der Waals surface area (Å²) in [5.74, 6) is -2.04. The molecule has 1 aliphatic carbocycles. The molecule has 0 fully saturated rings. The first kappa shape index (κ1) is 25.9. The molecule has 2 atom stereocenters. The highest BCUT2D eigenvalue weighted by Crippen LogP contribution is 2.45. The molecule has 4 aromatic rings. The Morgan fingerprint density at radius 3 is 1.59 bits per heavy atom. The number of fused-ring (bicyclic) bond motifs is 3. The van der Waals surface area contributed by atoms with E-state index in [1.54, 1.807) is 0 Å². The summed E-state index contributed by atoms with van der Waals surface area (Å²) < 4.78 is 0.